The smallest absolute Gasteiger partial charge is 0.278 e. The summed E-state index contributed by atoms with van der Waals surface area (Å²) in [7, 11) is 1.75. The second-order valence-electron chi connectivity index (χ2n) is 4.93. The average Bonchev–Trinajstić information content (AvgIpc) is 2.84. The molecular weight excluding hydrogens is 262 g/mol. The van der Waals surface area contributed by atoms with Crippen molar-refractivity contribution in [3.8, 4) is 17.1 Å². The van der Waals surface area contributed by atoms with Gasteiger partial charge in [0.1, 0.15) is 0 Å². The first-order valence-electron chi connectivity index (χ1n) is 7.02. The molecule has 0 amide bonds. The Hall–Kier alpha value is -2.62. The molecule has 0 bridgehead atoms. The summed E-state index contributed by atoms with van der Waals surface area (Å²) in [6.07, 6.45) is 0.861. The summed E-state index contributed by atoms with van der Waals surface area (Å²) in [5, 5.41) is 4.53. The molecule has 4 heteroatoms. The van der Waals surface area contributed by atoms with E-state index in [4.69, 9.17) is 0 Å². The third-order valence-corrected chi connectivity index (χ3v) is 3.61. The van der Waals surface area contributed by atoms with Crippen LogP contribution in [0.25, 0.3) is 17.1 Å². The van der Waals surface area contributed by atoms with Gasteiger partial charge in [-0.3, -0.25) is 4.57 Å². The minimum absolute atomic E-state index is 0.130. The Morgan fingerprint density at radius 2 is 1.67 bits per heavy atom. The van der Waals surface area contributed by atoms with Crippen molar-refractivity contribution in [1.82, 2.24) is 14.3 Å². The predicted octanol–water partition coefficient (Wildman–Crippen LogP) is 2.80. The van der Waals surface area contributed by atoms with Gasteiger partial charge in [0, 0.05) is 12.6 Å². The molecule has 2 aromatic carbocycles. The molecule has 21 heavy (non-hydrogen) atoms. The zero-order valence-corrected chi connectivity index (χ0v) is 12.2. The molecule has 0 aliphatic heterocycles. The molecule has 0 spiro atoms. The molecule has 0 saturated heterocycles. The molecular formula is C17H17N3O. The molecule has 1 aromatic heterocycles. The fraction of sp³-hybridized carbons (Fsp3) is 0.176. The SMILES string of the molecule is CCc1ccccc1-n1nc(-c2ccccc2)n(C)c1=O. The van der Waals surface area contributed by atoms with Gasteiger partial charge in [0.2, 0.25) is 0 Å². The fourth-order valence-corrected chi connectivity index (χ4v) is 2.45. The van der Waals surface area contributed by atoms with Crippen molar-refractivity contribution in [2.75, 3.05) is 0 Å². The van der Waals surface area contributed by atoms with Crippen LogP contribution in [0.4, 0.5) is 0 Å². The molecule has 3 rings (SSSR count). The van der Waals surface area contributed by atoms with Crippen molar-refractivity contribution in [1.29, 1.82) is 0 Å². The first kappa shape index (κ1) is 13.4. The fourth-order valence-electron chi connectivity index (χ4n) is 2.45. The number of rotatable bonds is 3. The van der Waals surface area contributed by atoms with Gasteiger partial charge in [-0.1, -0.05) is 55.5 Å². The van der Waals surface area contributed by atoms with Crippen LogP contribution in [0.5, 0.6) is 0 Å². The van der Waals surface area contributed by atoms with Gasteiger partial charge in [-0.2, -0.15) is 4.68 Å². The van der Waals surface area contributed by atoms with Gasteiger partial charge in [0.25, 0.3) is 0 Å². The van der Waals surface area contributed by atoms with Crippen LogP contribution in [0.2, 0.25) is 0 Å². The quantitative estimate of drug-likeness (QED) is 0.739. The minimum Gasteiger partial charge on any atom is -0.278 e. The van der Waals surface area contributed by atoms with E-state index in [-0.39, 0.29) is 5.69 Å². The van der Waals surface area contributed by atoms with E-state index in [9.17, 15) is 4.79 Å². The van der Waals surface area contributed by atoms with E-state index in [1.54, 1.807) is 11.6 Å². The largest absolute Gasteiger partial charge is 0.350 e. The Morgan fingerprint density at radius 1 is 1.00 bits per heavy atom. The summed E-state index contributed by atoms with van der Waals surface area (Å²) < 4.78 is 3.07. The lowest BCUT2D eigenvalue weighted by Crippen LogP contribution is -2.22. The van der Waals surface area contributed by atoms with Crippen LogP contribution in [0.3, 0.4) is 0 Å². The van der Waals surface area contributed by atoms with Crippen LogP contribution in [0.1, 0.15) is 12.5 Å². The monoisotopic (exact) mass is 279 g/mol. The molecule has 0 aliphatic rings. The summed E-state index contributed by atoms with van der Waals surface area (Å²) in [5.41, 5.74) is 2.76. The lowest BCUT2D eigenvalue weighted by atomic mass is 10.1. The summed E-state index contributed by atoms with van der Waals surface area (Å²) in [6.45, 7) is 2.07. The van der Waals surface area contributed by atoms with Crippen LogP contribution >= 0.6 is 0 Å². The van der Waals surface area contributed by atoms with Crippen molar-refractivity contribution < 1.29 is 0 Å². The molecule has 0 radical (unpaired) electrons. The first-order valence-corrected chi connectivity index (χ1v) is 7.02. The lowest BCUT2D eigenvalue weighted by Gasteiger charge is -2.05. The van der Waals surface area contributed by atoms with E-state index in [0.717, 1.165) is 23.2 Å². The number of aryl methyl sites for hydroxylation is 1. The maximum absolute atomic E-state index is 12.5. The Bertz CT molecular complexity index is 816. The van der Waals surface area contributed by atoms with Crippen LogP contribution < -0.4 is 5.69 Å². The van der Waals surface area contributed by atoms with Crippen molar-refractivity contribution in [3.63, 3.8) is 0 Å². The maximum Gasteiger partial charge on any atom is 0.350 e. The molecule has 0 aliphatic carbocycles. The highest BCUT2D eigenvalue weighted by atomic mass is 16.2. The second-order valence-corrected chi connectivity index (χ2v) is 4.93. The number of para-hydroxylation sites is 1. The van der Waals surface area contributed by atoms with E-state index in [2.05, 4.69) is 12.0 Å². The number of aromatic nitrogens is 3. The number of hydrogen-bond acceptors (Lipinski definition) is 2. The molecule has 0 unspecified atom stereocenters. The first-order chi connectivity index (χ1) is 10.2. The standard InChI is InChI=1S/C17H17N3O/c1-3-13-9-7-8-12-15(13)20-17(21)19(2)16(18-20)14-10-5-4-6-11-14/h4-12H,3H2,1-2H3. The molecule has 3 aromatic rings. The summed E-state index contributed by atoms with van der Waals surface area (Å²) >= 11 is 0. The Labute approximate surface area is 123 Å². The zero-order valence-electron chi connectivity index (χ0n) is 12.2. The van der Waals surface area contributed by atoms with Crippen molar-refractivity contribution in [3.05, 3.63) is 70.6 Å². The highest BCUT2D eigenvalue weighted by Gasteiger charge is 2.14. The van der Waals surface area contributed by atoms with Crippen LogP contribution in [0.15, 0.2) is 59.4 Å². The minimum atomic E-state index is -0.130. The van der Waals surface area contributed by atoms with Gasteiger partial charge in [0.15, 0.2) is 5.82 Å². The Kier molecular flexibility index (Phi) is 3.44. The van der Waals surface area contributed by atoms with E-state index in [1.807, 2.05) is 54.6 Å². The van der Waals surface area contributed by atoms with Crippen molar-refractivity contribution in [2.45, 2.75) is 13.3 Å². The number of hydrogen-bond donors (Lipinski definition) is 0. The second kappa shape index (κ2) is 5.40. The molecule has 0 N–H and O–H groups in total. The van der Waals surface area contributed by atoms with Crippen LogP contribution in [-0.2, 0) is 13.5 Å². The van der Waals surface area contributed by atoms with Crippen molar-refractivity contribution in [2.24, 2.45) is 7.05 Å². The highest BCUT2D eigenvalue weighted by Crippen LogP contribution is 2.17. The van der Waals surface area contributed by atoms with Gasteiger partial charge in [0.05, 0.1) is 5.69 Å². The van der Waals surface area contributed by atoms with E-state index < -0.39 is 0 Å². The number of benzene rings is 2. The van der Waals surface area contributed by atoms with E-state index in [1.165, 1.54) is 4.68 Å². The lowest BCUT2D eigenvalue weighted by molar-refractivity contribution is 0.791. The molecule has 106 valence electrons. The van der Waals surface area contributed by atoms with Crippen LogP contribution in [-0.4, -0.2) is 14.3 Å². The Morgan fingerprint density at radius 3 is 2.38 bits per heavy atom. The average molecular weight is 279 g/mol. The Balaban J connectivity index is 2.20. The molecule has 0 saturated carbocycles. The third-order valence-electron chi connectivity index (χ3n) is 3.61. The third kappa shape index (κ3) is 2.29. The molecule has 4 nitrogen and oxygen atoms in total. The molecule has 0 fully saturated rings. The topological polar surface area (TPSA) is 39.8 Å². The summed E-state index contributed by atoms with van der Waals surface area (Å²) in [4.78, 5) is 12.5. The number of nitrogens with zero attached hydrogens (tertiary/aromatic N) is 3. The van der Waals surface area contributed by atoms with Crippen LogP contribution in [0, 0.1) is 0 Å². The van der Waals surface area contributed by atoms with Crippen molar-refractivity contribution >= 4 is 0 Å². The molecule has 1 heterocycles. The van der Waals surface area contributed by atoms with E-state index >= 15 is 0 Å². The summed E-state index contributed by atoms with van der Waals surface area (Å²) in [5.74, 6) is 0.673. The zero-order chi connectivity index (χ0) is 14.8. The van der Waals surface area contributed by atoms with Gasteiger partial charge in [-0.05, 0) is 18.1 Å². The normalized spacial score (nSPS) is 10.8. The van der Waals surface area contributed by atoms with Gasteiger partial charge >= 0.3 is 5.69 Å². The van der Waals surface area contributed by atoms with Gasteiger partial charge in [-0.25, -0.2) is 4.79 Å². The maximum atomic E-state index is 12.5. The molecule has 0 atom stereocenters. The summed E-state index contributed by atoms with van der Waals surface area (Å²) in [6, 6.07) is 17.6. The van der Waals surface area contributed by atoms with Gasteiger partial charge in [-0.15, -0.1) is 5.10 Å². The predicted molar refractivity (Wildman–Crippen MR) is 83.6 cm³/mol. The highest BCUT2D eigenvalue weighted by molar-refractivity contribution is 5.55. The van der Waals surface area contributed by atoms with Gasteiger partial charge < -0.3 is 0 Å². The van der Waals surface area contributed by atoms with E-state index in [0.29, 0.717) is 5.82 Å².